The molecule has 0 heterocycles. The first-order chi connectivity index (χ1) is 16.4. The Labute approximate surface area is 197 Å². The minimum Gasteiger partial charge on any atom is -0.504 e. The van der Waals surface area contributed by atoms with Gasteiger partial charge in [-0.25, -0.2) is 9.59 Å². The van der Waals surface area contributed by atoms with E-state index in [2.05, 4.69) is 0 Å². The maximum Gasteiger partial charge on any atom is 0.338 e. The second-order valence-corrected chi connectivity index (χ2v) is 7.26. The lowest BCUT2D eigenvalue weighted by Crippen LogP contribution is -2.08. The first kappa shape index (κ1) is 26.6. The Bertz CT molecular complexity index is 856. The van der Waals surface area contributed by atoms with Crippen LogP contribution in [0.3, 0.4) is 0 Å². The predicted molar refractivity (Wildman–Crippen MR) is 121 cm³/mol. The van der Waals surface area contributed by atoms with Crippen LogP contribution in [0.2, 0.25) is 0 Å². The van der Waals surface area contributed by atoms with Crippen LogP contribution in [-0.4, -0.2) is 61.8 Å². The fourth-order valence-electron chi connectivity index (χ4n) is 3.12. The number of aromatic hydroxyl groups is 2. The standard InChI is InChI=1S/C24H30O10/c1-30-18-11-15(10-17(14-25)21(18)26)23(28)33-8-6-4-5-7-9-34-24(29)16-12-19(31-2)22(27)20(13-16)32-3/h10-13,25-27H,4-9,14H2,1-3H3. The van der Waals surface area contributed by atoms with Gasteiger partial charge in [0.2, 0.25) is 5.75 Å². The number of phenols is 2. The molecule has 34 heavy (non-hydrogen) atoms. The summed E-state index contributed by atoms with van der Waals surface area (Å²) >= 11 is 0. The smallest absolute Gasteiger partial charge is 0.338 e. The summed E-state index contributed by atoms with van der Waals surface area (Å²) in [6, 6.07) is 5.46. The van der Waals surface area contributed by atoms with Gasteiger partial charge in [-0.1, -0.05) is 0 Å². The van der Waals surface area contributed by atoms with Crippen LogP contribution in [0.5, 0.6) is 28.7 Å². The summed E-state index contributed by atoms with van der Waals surface area (Å²) in [5, 5.41) is 29.1. The second kappa shape index (κ2) is 13.1. The third-order valence-electron chi connectivity index (χ3n) is 5.00. The number of esters is 2. The number of aliphatic hydroxyl groups is 1. The molecule has 0 aromatic heterocycles. The van der Waals surface area contributed by atoms with Crippen LogP contribution < -0.4 is 14.2 Å². The molecule has 10 heteroatoms. The molecule has 3 N–H and O–H groups in total. The number of benzene rings is 2. The molecule has 0 spiro atoms. The molecule has 2 aromatic carbocycles. The van der Waals surface area contributed by atoms with Gasteiger partial charge in [0.1, 0.15) is 0 Å². The molecule has 0 unspecified atom stereocenters. The molecule has 186 valence electrons. The van der Waals surface area contributed by atoms with Gasteiger partial charge in [0.15, 0.2) is 23.0 Å². The number of carbonyl (C=O) groups is 2. The number of methoxy groups -OCH3 is 3. The number of aliphatic hydroxyl groups excluding tert-OH is 1. The third kappa shape index (κ3) is 6.92. The molecule has 0 aliphatic heterocycles. The van der Waals surface area contributed by atoms with E-state index in [0.717, 1.165) is 12.8 Å². The average Bonchev–Trinajstić information content (AvgIpc) is 2.85. The van der Waals surface area contributed by atoms with Gasteiger partial charge in [0.05, 0.1) is 52.3 Å². The minimum atomic E-state index is -0.582. The zero-order chi connectivity index (χ0) is 25.1. The van der Waals surface area contributed by atoms with E-state index in [9.17, 15) is 24.9 Å². The molecule has 0 aliphatic carbocycles. The van der Waals surface area contributed by atoms with Gasteiger partial charge in [-0.2, -0.15) is 0 Å². The van der Waals surface area contributed by atoms with E-state index in [-0.39, 0.29) is 58.7 Å². The van der Waals surface area contributed by atoms with E-state index in [1.54, 1.807) is 0 Å². The molecule has 2 rings (SSSR count). The number of unbranched alkanes of at least 4 members (excludes halogenated alkanes) is 3. The highest BCUT2D eigenvalue weighted by Crippen LogP contribution is 2.37. The van der Waals surface area contributed by atoms with Crippen molar-refractivity contribution in [3.63, 3.8) is 0 Å². The highest BCUT2D eigenvalue weighted by Gasteiger charge is 2.17. The Balaban J connectivity index is 1.70. The van der Waals surface area contributed by atoms with E-state index in [4.69, 9.17) is 23.7 Å². The summed E-state index contributed by atoms with van der Waals surface area (Å²) in [4.78, 5) is 24.5. The fourth-order valence-corrected chi connectivity index (χ4v) is 3.12. The van der Waals surface area contributed by atoms with Gasteiger partial charge in [0, 0.05) is 5.56 Å². The van der Waals surface area contributed by atoms with Gasteiger partial charge in [-0.15, -0.1) is 0 Å². The normalized spacial score (nSPS) is 10.5. The summed E-state index contributed by atoms with van der Waals surface area (Å²) in [6.45, 7) is -0.0353. The lowest BCUT2D eigenvalue weighted by atomic mass is 10.1. The minimum absolute atomic E-state index is 0.0808. The lowest BCUT2D eigenvalue weighted by molar-refractivity contribution is 0.0473. The van der Waals surface area contributed by atoms with E-state index in [1.807, 2.05) is 0 Å². The van der Waals surface area contributed by atoms with Gasteiger partial charge < -0.3 is 39.0 Å². The molecule has 0 bridgehead atoms. The van der Waals surface area contributed by atoms with Crippen LogP contribution in [0, 0.1) is 0 Å². The lowest BCUT2D eigenvalue weighted by Gasteiger charge is -2.11. The predicted octanol–water partition coefficient (Wildman–Crippen LogP) is 3.19. The van der Waals surface area contributed by atoms with Gasteiger partial charge in [-0.3, -0.25) is 0 Å². The highest BCUT2D eigenvalue weighted by molar-refractivity contribution is 5.91. The van der Waals surface area contributed by atoms with Crippen molar-refractivity contribution in [1.82, 2.24) is 0 Å². The monoisotopic (exact) mass is 478 g/mol. The highest BCUT2D eigenvalue weighted by atomic mass is 16.5. The van der Waals surface area contributed by atoms with Gasteiger partial charge in [0.25, 0.3) is 0 Å². The number of rotatable bonds is 13. The second-order valence-electron chi connectivity index (χ2n) is 7.26. The molecule has 0 radical (unpaired) electrons. The molecular formula is C24H30O10. The Morgan fingerprint density at radius 3 is 1.50 bits per heavy atom. The molecule has 0 amide bonds. The zero-order valence-corrected chi connectivity index (χ0v) is 19.5. The number of hydrogen-bond donors (Lipinski definition) is 3. The number of phenolic OH excluding ortho intramolecular Hbond substituents is 1. The van der Waals surface area contributed by atoms with Gasteiger partial charge in [-0.05, 0) is 49.9 Å². The molecule has 0 saturated carbocycles. The van der Waals surface area contributed by atoms with E-state index in [1.165, 1.54) is 45.6 Å². The average molecular weight is 478 g/mol. The summed E-state index contributed by atoms with van der Waals surface area (Å²) in [5.41, 5.74) is 0.548. The van der Waals surface area contributed by atoms with Crippen LogP contribution >= 0.6 is 0 Å². The van der Waals surface area contributed by atoms with Crippen molar-refractivity contribution >= 4 is 11.9 Å². The van der Waals surface area contributed by atoms with Crippen LogP contribution in [0.25, 0.3) is 0 Å². The molecule has 0 aliphatic rings. The summed E-state index contributed by atoms with van der Waals surface area (Å²) in [6.07, 6.45) is 2.76. The first-order valence-corrected chi connectivity index (χ1v) is 10.7. The van der Waals surface area contributed by atoms with Crippen molar-refractivity contribution in [1.29, 1.82) is 0 Å². The quantitative estimate of drug-likeness (QED) is 0.290. The van der Waals surface area contributed by atoms with Crippen molar-refractivity contribution in [2.45, 2.75) is 32.3 Å². The molecular weight excluding hydrogens is 448 g/mol. The van der Waals surface area contributed by atoms with Crippen molar-refractivity contribution < 1.29 is 48.6 Å². The molecule has 0 saturated heterocycles. The number of hydrogen-bond acceptors (Lipinski definition) is 10. The van der Waals surface area contributed by atoms with Crippen LogP contribution in [0.4, 0.5) is 0 Å². The topological polar surface area (TPSA) is 141 Å². The largest absolute Gasteiger partial charge is 0.504 e. The summed E-state index contributed by atoms with van der Waals surface area (Å²) < 4.78 is 25.6. The van der Waals surface area contributed by atoms with E-state index < -0.39 is 18.5 Å². The number of carbonyl (C=O) groups excluding carboxylic acids is 2. The van der Waals surface area contributed by atoms with E-state index in [0.29, 0.717) is 12.8 Å². The van der Waals surface area contributed by atoms with Crippen LogP contribution in [0.15, 0.2) is 24.3 Å². The summed E-state index contributed by atoms with van der Waals surface area (Å²) in [7, 11) is 4.09. The van der Waals surface area contributed by atoms with Crippen molar-refractivity contribution in [2.75, 3.05) is 34.5 Å². The van der Waals surface area contributed by atoms with Crippen molar-refractivity contribution in [3.8, 4) is 28.7 Å². The van der Waals surface area contributed by atoms with Crippen molar-refractivity contribution in [2.24, 2.45) is 0 Å². The summed E-state index contributed by atoms with van der Waals surface area (Å²) in [5.74, 6) is -1.25. The SMILES string of the molecule is COc1cc(C(=O)OCCCCCCOC(=O)c2cc(OC)c(O)c(OC)c2)cc(CO)c1O. The van der Waals surface area contributed by atoms with Crippen molar-refractivity contribution in [3.05, 3.63) is 41.0 Å². The number of ether oxygens (including phenoxy) is 5. The zero-order valence-electron chi connectivity index (χ0n) is 19.5. The fraction of sp³-hybridized carbons (Fsp3) is 0.417. The first-order valence-electron chi connectivity index (χ1n) is 10.7. The van der Waals surface area contributed by atoms with Crippen LogP contribution in [0.1, 0.15) is 52.0 Å². The molecule has 0 fully saturated rings. The maximum atomic E-state index is 12.2. The Morgan fingerprint density at radius 1 is 0.676 bits per heavy atom. The van der Waals surface area contributed by atoms with Crippen LogP contribution in [-0.2, 0) is 16.1 Å². The maximum absolute atomic E-state index is 12.2. The Morgan fingerprint density at radius 2 is 1.09 bits per heavy atom. The Hall–Kier alpha value is -3.66. The molecule has 0 atom stereocenters. The van der Waals surface area contributed by atoms with Gasteiger partial charge >= 0.3 is 11.9 Å². The third-order valence-corrected chi connectivity index (χ3v) is 5.00. The molecule has 10 nitrogen and oxygen atoms in total. The van der Waals surface area contributed by atoms with E-state index >= 15 is 0 Å². The molecule has 2 aromatic rings. The Kier molecular flexibility index (Phi) is 10.3.